The number of hydrogen-bond acceptors (Lipinski definition) is 5. The predicted octanol–water partition coefficient (Wildman–Crippen LogP) is 4.30. The summed E-state index contributed by atoms with van der Waals surface area (Å²) in [7, 11) is -2.06. The number of ether oxygens (including phenoxy) is 1. The molecule has 0 aliphatic heterocycles. The number of benzene rings is 3. The number of anilines is 1. The van der Waals surface area contributed by atoms with Crippen molar-refractivity contribution in [3.05, 3.63) is 86.7 Å². The van der Waals surface area contributed by atoms with E-state index in [0.29, 0.717) is 38.4 Å². The van der Waals surface area contributed by atoms with Crippen molar-refractivity contribution in [3.8, 4) is 22.6 Å². The minimum absolute atomic E-state index is 0.0451. The van der Waals surface area contributed by atoms with Crippen LogP contribution in [-0.2, 0) is 15.4 Å². The molecule has 11 heteroatoms. The Balaban J connectivity index is 2.02. The van der Waals surface area contributed by atoms with E-state index in [2.05, 4.69) is 4.72 Å². The van der Waals surface area contributed by atoms with Crippen molar-refractivity contribution >= 4 is 26.5 Å². The Hall–Kier alpha value is -3.99. The lowest BCUT2D eigenvalue weighted by atomic mass is 9.83. The molecule has 0 bridgehead atoms. The van der Waals surface area contributed by atoms with Crippen LogP contribution in [0.2, 0.25) is 0 Å². The van der Waals surface area contributed by atoms with Crippen LogP contribution < -0.4 is 20.7 Å². The molecular formula is C26H25F2N3O5S. The lowest BCUT2D eigenvalue weighted by Gasteiger charge is -2.26. The second kappa shape index (κ2) is 9.15. The Morgan fingerprint density at radius 2 is 1.65 bits per heavy atom. The van der Waals surface area contributed by atoms with E-state index in [0.717, 1.165) is 6.26 Å². The Morgan fingerprint density at radius 3 is 2.27 bits per heavy atom. The Labute approximate surface area is 211 Å². The molecule has 3 aromatic carbocycles. The minimum Gasteiger partial charge on any atom is -0.496 e. The van der Waals surface area contributed by atoms with Gasteiger partial charge in [-0.1, -0.05) is 39.0 Å². The number of rotatable bonds is 5. The van der Waals surface area contributed by atoms with Gasteiger partial charge in [0.1, 0.15) is 5.75 Å². The lowest BCUT2D eigenvalue weighted by molar-refractivity contribution is 0.396. The first kappa shape index (κ1) is 26.1. The second-order valence-electron chi connectivity index (χ2n) is 9.67. The number of aromatic amines is 1. The normalized spacial score (nSPS) is 12.1. The smallest absolute Gasteiger partial charge is 0.333 e. The van der Waals surface area contributed by atoms with Crippen LogP contribution in [-0.4, -0.2) is 31.3 Å². The van der Waals surface area contributed by atoms with E-state index in [9.17, 15) is 22.4 Å². The van der Waals surface area contributed by atoms with Gasteiger partial charge in [-0.25, -0.2) is 17.6 Å². The van der Waals surface area contributed by atoms with E-state index in [1.54, 1.807) is 36.4 Å². The van der Waals surface area contributed by atoms with Crippen molar-refractivity contribution in [2.24, 2.45) is 0 Å². The highest BCUT2D eigenvalue weighted by molar-refractivity contribution is 7.92. The summed E-state index contributed by atoms with van der Waals surface area (Å²) in [6.45, 7) is 5.63. The van der Waals surface area contributed by atoms with E-state index in [-0.39, 0.29) is 17.0 Å². The molecule has 0 aliphatic rings. The minimum atomic E-state index is -3.46. The molecule has 1 heterocycles. The molecule has 37 heavy (non-hydrogen) atoms. The molecule has 0 spiro atoms. The third kappa shape index (κ3) is 5.12. The largest absolute Gasteiger partial charge is 0.496 e. The highest BCUT2D eigenvalue weighted by atomic mass is 32.2. The predicted molar refractivity (Wildman–Crippen MR) is 139 cm³/mol. The SMILES string of the molecule is COc1c(C(C)(C)C)cc(-n2cc(F)c(=O)[nH]c2=O)c(F)c1-c1ccc2cc(NS(C)(=O)=O)ccc2c1. The highest BCUT2D eigenvalue weighted by Gasteiger charge is 2.28. The molecule has 0 saturated heterocycles. The average Bonchev–Trinajstić information content (AvgIpc) is 2.79. The molecule has 4 rings (SSSR count). The van der Waals surface area contributed by atoms with E-state index in [1.165, 1.54) is 13.2 Å². The molecule has 0 radical (unpaired) electrons. The van der Waals surface area contributed by atoms with Gasteiger partial charge in [-0.15, -0.1) is 0 Å². The first-order valence-corrected chi connectivity index (χ1v) is 13.0. The summed E-state index contributed by atoms with van der Waals surface area (Å²) in [5.41, 5.74) is -1.64. The summed E-state index contributed by atoms with van der Waals surface area (Å²) in [6, 6.07) is 11.4. The standard InChI is InChI=1S/C26H25F2N3O5S/c1-26(2,3)18-12-20(31-13-19(27)24(32)29-25(31)33)22(28)21(23(18)36-4)16-7-6-15-11-17(30-37(5,34)35)9-8-14(15)10-16/h6-13,30H,1-5H3,(H,29,32,33). The van der Waals surface area contributed by atoms with Crippen molar-refractivity contribution in [3.63, 3.8) is 0 Å². The van der Waals surface area contributed by atoms with Gasteiger partial charge in [-0.3, -0.25) is 19.1 Å². The zero-order valence-electron chi connectivity index (χ0n) is 20.8. The van der Waals surface area contributed by atoms with Crippen LogP contribution in [0.25, 0.3) is 27.6 Å². The van der Waals surface area contributed by atoms with Gasteiger partial charge in [0, 0.05) is 11.3 Å². The van der Waals surface area contributed by atoms with Crippen molar-refractivity contribution in [2.75, 3.05) is 18.1 Å². The van der Waals surface area contributed by atoms with Gasteiger partial charge in [-0.05, 0) is 46.0 Å². The van der Waals surface area contributed by atoms with Gasteiger partial charge in [0.2, 0.25) is 15.8 Å². The van der Waals surface area contributed by atoms with Crippen molar-refractivity contribution in [1.29, 1.82) is 0 Å². The Bertz CT molecular complexity index is 1770. The number of aromatic nitrogens is 2. The number of sulfonamides is 1. The summed E-state index contributed by atoms with van der Waals surface area (Å²) in [5.74, 6) is -1.85. The number of halogens is 2. The van der Waals surface area contributed by atoms with Crippen molar-refractivity contribution < 1.29 is 21.9 Å². The first-order valence-electron chi connectivity index (χ1n) is 11.1. The van der Waals surface area contributed by atoms with Gasteiger partial charge in [0.15, 0.2) is 5.82 Å². The monoisotopic (exact) mass is 529 g/mol. The topological polar surface area (TPSA) is 110 Å². The Morgan fingerprint density at radius 1 is 1.00 bits per heavy atom. The van der Waals surface area contributed by atoms with E-state index >= 15 is 4.39 Å². The van der Waals surface area contributed by atoms with Crippen molar-refractivity contribution in [1.82, 2.24) is 9.55 Å². The number of nitrogens with one attached hydrogen (secondary N) is 2. The molecule has 0 fully saturated rings. The number of nitrogens with zero attached hydrogens (tertiary/aromatic N) is 1. The molecule has 0 aliphatic carbocycles. The molecule has 0 amide bonds. The second-order valence-corrected chi connectivity index (χ2v) is 11.4. The zero-order valence-corrected chi connectivity index (χ0v) is 21.6. The summed E-state index contributed by atoms with van der Waals surface area (Å²) in [6.07, 6.45) is 1.70. The molecule has 0 saturated carbocycles. The molecule has 2 N–H and O–H groups in total. The third-order valence-electron chi connectivity index (χ3n) is 5.80. The summed E-state index contributed by atoms with van der Waals surface area (Å²) >= 11 is 0. The Kier molecular flexibility index (Phi) is 6.45. The van der Waals surface area contributed by atoms with Crippen LogP contribution in [0.4, 0.5) is 14.5 Å². The van der Waals surface area contributed by atoms with Crippen LogP contribution in [0.5, 0.6) is 5.75 Å². The maximum Gasteiger partial charge on any atom is 0.333 e. The first-order chi connectivity index (χ1) is 17.2. The van der Waals surface area contributed by atoms with Crippen LogP contribution in [0.3, 0.4) is 0 Å². The molecule has 1 aromatic heterocycles. The summed E-state index contributed by atoms with van der Waals surface area (Å²) in [4.78, 5) is 25.9. The maximum absolute atomic E-state index is 16.2. The van der Waals surface area contributed by atoms with Crippen LogP contribution in [0.15, 0.2) is 58.3 Å². The van der Waals surface area contributed by atoms with Gasteiger partial charge < -0.3 is 4.74 Å². The molecule has 4 aromatic rings. The van der Waals surface area contributed by atoms with E-state index < -0.39 is 38.3 Å². The van der Waals surface area contributed by atoms with Crippen LogP contribution >= 0.6 is 0 Å². The number of H-pyrrole nitrogens is 1. The van der Waals surface area contributed by atoms with Gasteiger partial charge in [0.05, 0.1) is 30.8 Å². The van der Waals surface area contributed by atoms with Crippen LogP contribution in [0.1, 0.15) is 26.3 Å². The molecule has 194 valence electrons. The molecular weight excluding hydrogens is 504 g/mol. The fourth-order valence-corrected chi connectivity index (χ4v) is 4.69. The highest BCUT2D eigenvalue weighted by Crippen LogP contribution is 2.44. The molecule has 8 nitrogen and oxygen atoms in total. The fourth-order valence-electron chi connectivity index (χ4n) is 4.14. The van der Waals surface area contributed by atoms with Gasteiger partial charge in [-0.2, -0.15) is 4.39 Å². The lowest BCUT2D eigenvalue weighted by Crippen LogP contribution is -2.31. The number of methoxy groups -OCH3 is 1. The van der Waals surface area contributed by atoms with Crippen LogP contribution in [0, 0.1) is 11.6 Å². The molecule has 0 unspecified atom stereocenters. The molecule has 0 atom stereocenters. The van der Waals surface area contributed by atoms with Gasteiger partial charge >= 0.3 is 5.69 Å². The fraction of sp³-hybridized carbons (Fsp3) is 0.231. The third-order valence-corrected chi connectivity index (χ3v) is 6.41. The number of hydrogen-bond donors (Lipinski definition) is 2. The number of fused-ring (bicyclic) bond motifs is 1. The van der Waals surface area contributed by atoms with Gasteiger partial charge in [0.25, 0.3) is 5.56 Å². The average molecular weight is 530 g/mol. The zero-order chi connectivity index (χ0) is 27.3. The summed E-state index contributed by atoms with van der Waals surface area (Å²) < 4.78 is 62.2. The van der Waals surface area contributed by atoms with E-state index in [1.807, 2.05) is 25.8 Å². The maximum atomic E-state index is 16.2. The summed E-state index contributed by atoms with van der Waals surface area (Å²) in [5, 5.41) is 1.39. The quantitative estimate of drug-likeness (QED) is 0.401. The van der Waals surface area contributed by atoms with Crippen molar-refractivity contribution in [2.45, 2.75) is 26.2 Å². The van der Waals surface area contributed by atoms with E-state index in [4.69, 9.17) is 4.74 Å².